The summed E-state index contributed by atoms with van der Waals surface area (Å²) in [5.41, 5.74) is 5.54. The Morgan fingerprint density at radius 3 is 2.46 bits per heavy atom. The molecule has 0 fully saturated rings. The van der Waals surface area contributed by atoms with Gasteiger partial charge < -0.3 is 5.43 Å². The van der Waals surface area contributed by atoms with Gasteiger partial charge in [0.05, 0.1) is 12.0 Å². The predicted octanol–water partition coefficient (Wildman–Crippen LogP) is 1.81. The maximum atomic E-state index is 8.60. The van der Waals surface area contributed by atoms with E-state index in [1.54, 1.807) is 0 Å². The number of aromatic nitrogens is 1. The third-order valence-corrected chi connectivity index (χ3v) is 2.05. The predicted molar refractivity (Wildman–Crippen MR) is 52.9 cm³/mol. The van der Waals surface area contributed by atoms with Gasteiger partial charge in [0.1, 0.15) is 0 Å². The van der Waals surface area contributed by atoms with E-state index in [2.05, 4.69) is 23.6 Å². The van der Waals surface area contributed by atoms with Crippen LogP contribution in [0.5, 0.6) is 0 Å². The zero-order valence-electron chi connectivity index (χ0n) is 8.33. The Kier molecular flexibility index (Phi) is 2.97. The molecule has 0 aliphatic heterocycles. The normalized spacial score (nSPS) is 12.2. The summed E-state index contributed by atoms with van der Waals surface area (Å²) < 4.78 is 2.01. The van der Waals surface area contributed by atoms with E-state index >= 15 is 0 Å². The van der Waals surface area contributed by atoms with Crippen molar-refractivity contribution in [2.24, 2.45) is 5.92 Å². The van der Waals surface area contributed by atoms with Gasteiger partial charge in [-0.25, -0.2) is 0 Å². The van der Waals surface area contributed by atoms with Crippen molar-refractivity contribution in [3.8, 4) is 6.07 Å². The first kappa shape index (κ1) is 9.66. The summed E-state index contributed by atoms with van der Waals surface area (Å²) in [6, 6.07) is 6.30. The minimum atomic E-state index is 0.0428. The SMILES string of the molecule is Cc1ccc(C)n1NCC(C)C#N. The van der Waals surface area contributed by atoms with Gasteiger partial charge in [-0.1, -0.05) is 0 Å². The Morgan fingerprint density at radius 1 is 1.46 bits per heavy atom. The highest BCUT2D eigenvalue weighted by Crippen LogP contribution is 2.04. The number of rotatable bonds is 3. The van der Waals surface area contributed by atoms with E-state index in [4.69, 9.17) is 5.26 Å². The lowest BCUT2D eigenvalue weighted by Crippen LogP contribution is -2.22. The summed E-state index contributed by atoms with van der Waals surface area (Å²) in [5.74, 6) is 0.0428. The fourth-order valence-corrected chi connectivity index (χ4v) is 1.19. The van der Waals surface area contributed by atoms with E-state index in [-0.39, 0.29) is 5.92 Å². The van der Waals surface area contributed by atoms with Crippen molar-refractivity contribution in [3.05, 3.63) is 23.5 Å². The second-order valence-electron chi connectivity index (χ2n) is 3.34. The lowest BCUT2D eigenvalue weighted by Gasteiger charge is -2.13. The monoisotopic (exact) mass is 177 g/mol. The highest BCUT2D eigenvalue weighted by molar-refractivity contribution is 5.15. The molecule has 0 saturated heterocycles. The average Bonchev–Trinajstić information content (AvgIpc) is 2.43. The summed E-state index contributed by atoms with van der Waals surface area (Å²) in [6.07, 6.45) is 0. The smallest absolute Gasteiger partial charge is 0.0672 e. The van der Waals surface area contributed by atoms with Crippen LogP contribution in [-0.2, 0) is 0 Å². The standard InChI is InChI=1S/C10H15N3/c1-8(6-11)7-12-13-9(2)4-5-10(13)3/h4-5,8,12H,7H2,1-3H3. The van der Waals surface area contributed by atoms with Gasteiger partial charge in [-0.15, -0.1) is 0 Å². The highest BCUT2D eigenvalue weighted by Gasteiger charge is 2.02. The summed E-state index contributed by atoms with van der Waals surface area (Å²) in [5, 5.41) is 8.60. The molecular formula is C10H15N3. The molecule has 0 bridgehead atoms. The van der Waals surface area contributed by atoms with Crippen LogP contribution in [0.2, 0.25) is 0 Å². The first-order valence-corrected chi connectivity index (χ1v) is 4.43. The van der Waals surface area contributed by atoms with Crippen molar-refractivity contribution >= 4 is 0 Å². The number of hydrogen-bond donors (Lipinski definition) is 1. The molecule has 1 N–H and O–H groups in total. The Bertz CT molecular complexity index is 300. The van der Waals surface area contributed by atoms with Gasteiger partial charge in [0, 0.05) is 17.9 Å². The zero-order chi connectivity index (χ0) is 9.84. The minimum absolute atomic E-state index is 0.0428. The van der Waals surface area contributed by atoms with Gasteiger partial charge in [-0.05, 0) is 32.9 Å². The van der Waals surface area contributed by atoms with Crippen LogP contribution in [0.25, 0.3) is 0 Å². The number of aryl methyl sites for hydroxylation is 2. The third-order valence-electron chi connectivity index (χ3n) is 2.05. The first-order chi connectivity index (χ1) is 6.15. The summed E-state index contributed by atoms with van der Waals surface area (Å²) in [6.45, 7) is 6.67. The summed E-state index contributed by atoms with van der Waals surface area (Å²) in [4.78, 5) is 0. The van der Waals surface area contributed by atoms with Gasteiger partial charge >= 0.3 is 0 Å². The molecule has 1 aromatic heterocycles. The average molecular weight is 177 g/mol. The lowest BCUT2D eigenvalue weighted by atomic mass is 10.2. The molecule has 0 aliphatic rings. The molecule has 1 atom stereocenters. The molecule has 0 spiro atoms. The van der Waals surface area contributed by atoms with Crippen LogP contribution in [-0.4, -0.2) is 11.2 Å². The maximum absolute atomic E-state index is 8.60. The third kappa shape index (κ3) is 2.25. The second kappa shape index (κ2) is 3.99. The van der Waals surface area contributed by atoms with Crippen molar-refractivity contribution in [1.29, 1.82) is 5.26 Å². The van der Waals surface area contributed by atoms with E-state index < -0.39 is 0 Å². The lowest BCUT2D eigenvalue weighted by molar-refractivity contribution is 0.693. The summed E-state index contributed by atoms with van der Waals surface area (Å²) >= 11 is 0. The van der Waals surface area contributed by atoms with E-state index in [0.29, 0.717) is 6.54 Å². The molecule has 0 amide bonds. The maximum Gasteiger partial charge on any atom is 0.0672 e. The molecule has 1 aromatic rings. The Hall–Kier alpha value is -1.43. The molecule has 1 unspecified atom stereocenters. The molecule has 70 valence electrons. The van der Waals surface area contributed by atoms with Crippen molar-refractivity contribution in [2.75, 3.05) is 12.0 Å². The molecule has 0 aromatic carbocycles. The van der Waals surface area contributed by atoms with E-state index in [1.165, 1.54) is 11.4 Å². The molecule has 1 rings (SSSR count). The van der Waals surface area contributed by atoms with E-state index in [0.717, 1.165) is 0 Å². The number of hydrogen-bond acceptors (Lipinski definition) is 2. The molecule has 1 heterocycles. The fraction of sp³-hybridized carbons (Fsp3) is 0.500. The Balaban J connectivity index is 2.60. The van der Waals surface area contributed by atoms with Crippen molar-refractivity contribution < 1.29 is 0 Å². The van der Waals surface area contributed by atoms with Gasteiger partial charge in [0.15, 0.2) is 0 Å². The number of nitrogens with zero attached hydrogens (tertiary/aromatic N) is 2. The molecule has 0 aliphatic carbocycles. The molecule has 13 heavy (non-hydrogen) atoms. The number of nitrogens with one attached hydrogen (secondary N) is 1. The molecular weight excluding hydrogens is 162 g/mol. The van der Waals surface area contributed by atoms with Crippen LogP contribution in [0.1, 0.15) is 18.3 Å². The first-order valence-electron chi connectivity index (χ1n) is 4.43. The molecule has 3 nitrogen and oxygen atoms in total. The van der Waals surface area contributed by atoms with Gasteiger partial charge in [-0.3, -0.25) is 4.68 Å². The van der Waals surface area contributed by atoms with Crippen molar-refractivity contribution in [1.82, 2.24) is 4.68 Å². The second-order valence-corrected chi connectivity index (χ2v) is 3.34. The van der Waals surface area contributed by atoms with Crippen LogP contribution in [0.15, 0.2) is 12.1 Å². The van der Waals surface area contributed by atoms with Crippen LogP contribution in [0.4, 0.5) is 0 Å². The molecule has 0 radical (unpaired) electrons. The van der Waals surface area contributed by atoms with E-state index in [1.807, 2.05) is 25.4 Å². The van der Waals surface area contributed by atoms with Gasteiger partial charge in [0.2, 0.25) is 0 Å². The largest absolute Gasteiger partial charge is 0.325 e. The Morgan fingerprint density at radius 2 is 2.00 bits per heavy atom. The van der Waals surface area contributed by atoms with Crippen LogP contribution in [0, 0.1) is 31.1 Å². The molecule has 3 heteroatoms. The molecule has 0 saturated carbocycles. The summed E-state index contributed by atoms with van der Waals surface area (Å²) in [7, 11) is 0. The quantitative estimate of drug-likeness (QED) is 0.765. The van der Waals surface area contributed by atoms with Gasteiger partial charge in [0.25, 0.3) is 0 Å². The minimum Gasteiger partial charge on any atom is -0.325 e. The van der Waals surface area contributed by atoms with E-state index in [9.17, 15) is 0 Å². The highest BCUT2D eigenvalue weighted by atomic mass is 15.4. The van der Waals surface area contributed by atoms with Gasteiger partial charge in [-0.2, -0.15) is 5.26 Å². The zero-order valence-corrected chi connectivity index (χ0v) is 8.33. The van der Waals surface area contributed by atoms with Crippen LogP contribution < -0.4 is 5.43 Å². The van der Waals surface area contributed by atoms with Crippen molar-refractivity contribution in [3.63, 3.8) is 0 Å². The van der Waals surface area contributed by atoms with Crippen LogP contribution in [0.3, 0.4) is 0 Å². The van der Waals surface area contributed by atoms with Crippen LogP contribution >= 0.6 is 0 Å². The van der Waals surface area contributed by atoms with Crippen molar-refractivity contribution in [2.45, 2.75) is 20.8 Å². The fourth-order valence-electron chi connectivity index (χ4n) is 1.19. The number of nitriles is 1. The topological polar surface area (TPSA) is 40.8 Å². The Labute approximate surface area is 79.0 Å².